The zero-order valence-electron chi connectivity index (χ0n) is 11.6. The lowest BCUT2D eigenvalue weighted by Gasteiger charge is -2.15. The average Bonchev–Trinajstić information content (AvgIpc) is 2.96. The summed E-state index contributed by atoms with van der Waals surface area (Å²) < 4.78 is 27.2. The van der Waals surface area contributed by atoms with Gasteiger partial charge in [0.2, 0.25) is 0 Å². The summed E-state index contributed by atoms with van der Waals surface area (Å²) in [6, 6.07) is 1.76. The molecule has 0 aromatic carbocycles. The highest BCUT2D eigenvalue weighted by atomic mass is 32.2. The highest BCUT2D eigenvalue weighted by Gasteiger charge is 2.33. The van der Waals surface area contributed by atoms with Gasteiger partial charge in [0.25, 0.3) is 10.0 Å². The van der Waals surface area contributed by atoms with Crippen molar-refractivity contribution in [2.45, 2.75) is 43.9 Å². The predicted molar refractivity (Wildman–Crippen MR) is 78.7 cm³/mol. The molecule has 19 heavy (non-hydrogen) atoms. The smallest absolute Gasteiger partial charge is 0.252 e. The predicted octanol–water partition coefficient (Wildman–Crippen LogP) is 2.33. The van der Waals surface area contributed by atoms with Crippen LogP contribution < -0.4 is 5.73 Å². The fourth-order valence-electron chi connectivity index (χ4n) is 2.60. The highest BCUT2D eigenvalue weighted by molar-refractivity contribution is 7.91. The van der Waals surface area contributed by atoms with Crippen LogP contribution in [0.25, 0.3) is 0 Å². The SMILES string of the molecule is CCCC1CCN(S(=O)(=O)c2cc(C)c(CN)s2)C1. The maximum Gasteiger partial charge on any atom is 0.252 e. The van der Waals surface area contributed by atoms with E-state index in [9.17, 15) is 8.42 Å². The topological polar surface area (TPSA) is 63.4 Å². The Labute approximate surface area is 119 Å². The summed E-state index contributed by atoms with van der Waals surface area (Å²) in [5, 5.41) is 0. The monoisotopic (exact) mass is 302 g/mol. The molecule has 6 heteroatoms. The van der Waals surface area contributed by atoms with Gasteiger partial charge in [-0.15, -0.1) is 11.3 Å². The molecule has 0 amide bonds. The van der Waals surface area contributed by atoms with Crippen LogP contribution >= 0.6 is 11.3 Å². The second kappa shape index (κ2) is 5.91. The maximum atomic E-state index is 12.6. The van der Waals surface area contributed by atoms with E-state index in [1.807, 2.05) is 6.92 Å². The molecule has 0 saturated carbocycles. The van der Waals surface area contributed by atoms with Crippen molar-refractivity contribution in [2.75, 3.05) is 13.1 Å². The Morgan fingerprint density at radius 2 is 2.26 bits per heavy atom. The van der Waals surface area contributed by atoms with Gasteiger partial charge in [-0.3, -0.25) is 0 Å². The van der Waals surface area contributed by atoms with Crippen LogP contribution in [0, 0.1) is 12.8 Å². The maximum absolute atomic E-state index is 12.6. The van der Waals surface area contributed by atoms with Crippen molar-refractivity contribution in [1.29, 1.82) is 0 Å². The third-order valence-corrected chi connectivity index (χ3v) is 7.30. The molecule has 108 valence electrons. The van der Waals surface area contributed by atoms with Crippen molar-refractivity contribution in [1.82, 2.24) is 4.31 Å². The fraction of sp³-hybridized carbons (Fsp3) is 0.692. The molecule has 1 saturated heterocycles. The Balaban J connectivity index is 2.18. The molecular formula is C13H22N2O2S2. The minimum atomic E-state index is -3.31. The van der Waals surface area contributed by atoms with E-state index >= 15 is 0 Å². The molecule has 0 spiro atoms. The first kappa shape index (κ1) is 15.0. The van der Waals surface area contributed by atoms with E-state index in [4.69, 9.17) is 5.73 Å². The fourth-order valence-corrected chi connectivity index (χ4v) is 5.76. The summed E-state index contributed by atoms with van der Waals surface area (Å²) in [4.78, 5) is 0.961. The summed E-state index contributed by atoms with van der Waals surface area (Å²) in [5.74, 6) is 0.523. The molecule has 1 aliphatic heterocycles. The number of nitrogens with two attached hydrogens (primary N) is 1. The van der Waals surface area contributed by atoms with E-state index in [0.29, 0.717) is 29.8 Å². The number of sulfonamides is 1. The molecule has 1 fully saturated rings. The zero-order valence-corrected chi connectivity index (χ0v) is 13.2. The van der Waals surface area contributed by atoms with Gasteiger partial charge >= 0.3 is 0 Å². The van der Waals surface area contributed by atoms with E-state index in [1.54, 1.807) is 10.4 Å². The van der Waals surface area contributed by atoms with Gasteiger partial charge in [-0.05, 0) is 37.3 Å². The van der Waals surface area contributed by atoms with E-state index < -0.39 is 10.0 Å². The normalized spacial score (nSPS) is 21.1. The Morgan fingerprint density at radius 3 is 2.84 bits per heavy atom. The molecule has 2 heterocycles. The van der Waals surface area contributed by atoms with Gasteiger partial charge in [0.1, 0.15) is 4.21 Å². The third-order valence-electron chi connectivity index (χ3n) is 3.72. The molecule has 0 radical (unpaired) electrons. The Kier molecular flexibility index (Phi) is 4.66. The van der Waals surface area contributed by atoms with Gasteiger partial charge < -0.3 is 5.73 Å². The van der Waals surface area contributed by atoms with Gasteiger partial charge in [-0.25, -0.2) is 8.42 Å². The van der Waals surface area contributed by atoms with Crippen molar-refractivity contribution >= 4 is 21.4 Å². The van der Waals surface area contributed by atoms with Crippen molar-refractivity contribution in [3.05, 3.63) is 16.5 Å². The van der Waals surface area contributed by atoms with Crippen LogP contribution in [0.3, 0.4) is 0 Å². The van der Waals surface area contributed by atoms with E-state index in [2.05, 4.69) is 6.92 Å². The minimum Gasteiger partial charge on any atom is -0.326 e. The highest BCUT2D eigenvalue weighted by Crippen LogP contribution is 2.32. The molecular weight excluding hydrogens is 280 g/mol. The third kappa shape index (κ3) is 3.02. The number of hydrogen-bond acceptors (Lipinski definition) is 4. The summed E-state index contributed by atoms with van der Waals surface area (Å²) in [6.07, 6.45) is 3.22. The number of hydrogen-bond donors (Lipinski definition) is 1. The molecule has 4 nitrogen and oxygen atoms in total. The Bertz CT molecular complexity index is 537. The van der Waals surface area contributed by atoms with Crippen LogP contribution in [0.4, 0.5) is 0 Å². The summed E-state index contributed by atoms with van der Waals surface area (Å²) in [5.41, 5.74) is 6.61. The van der Waals surface area contributed by atoms with Crippen molar-refractivity contribution in [3.8, 4) is 0 Å². The van der Waals surface area contributed by atoms with Crippen molar-refractivity contribution < 1.29 is 8.42 Å². The molecule has 1 aromatic heterocycles. The van der Waals surface area contributed by atoms with Gasteiger partial charge in [0.15, 0.2) is 0 Å². The molecule has 0 aliphatic carbocycles. The first-order chi connectivity index (χ1) is 8.98. The van der Waals surface area contributed by atoms with Gasteiger partial charge in [0.05, 0.1) is 0 Å². The van der Waals surface area contributed by atoms with Crippen molar-refractivity contribution in [3.63, 3.8) is 0 Å². The number of thiophene rings is 1. The summed E-state index contributed by atoms with van der Waals surface area (Å²) in [7, 11) is -3.31. The standard InChI is InChI=1S/C13H22N2O2S2/c1-3-4-11-5-6-15(9-11)19(16,17)13-7-10(2)12(8-14)18-13/h7,11H,3-6,8-9,14H2,1-2H3. The average molecular weight is 302 g/mol. The Morgan fingerprint density at radius 1 is 1.53 bits per heavy atom. The van der Waals surface area contributed by atoms with E-state index in [1.165, 1.54) is 11.3 Å². The molecule has 1 unspecified atom stereocenters. The lowest BCUT2D eigenvalue weighted by Crippen LogP contribution is -2.28. The van der Waals surface area contributed by atoms with Crippen molar-refractivity contribution in [2.24, 2.45) is 11.7 Å². The second-order valence-corrected chi connectivity index (χ2v) is 8.48. The van der Waals surface area contributed by atoms with Crippen LogP contribution in [-0.4, -0.2) is 25.8 Å². The van der Waals surface area contributed by atoms with E-state index in [0.717, 1.165) is 29.7 Å². The molecule has 1 atom stereocenters. The number of aryl methyl sites for hydroxylation is 1. The Hall–Kier alpha value is -0.430. The minimum absolute atomic E-state index is 0.407. The molecule has 2 N–H and O–H groups in total. The largest absolute Gasteiger partial charge is 0.326 e. The number of nitrogens with zero attached hydrogens (tertiary/aromatic N) is 1. The molecule has 1 aliphatic rings. The first-order valence-electron chi connectivity index (χ1n) is 6.78. The molecule has 0 bridgehead atoms. The van der Waals surface area contributed by atoms with Crippen LogP contribution in [0.15, 0.2) is 10.3 Å². The number of rotatable bonds is 5. The quantitative estimate of drug-likeness (QED) is 0.908. The van der Waals surface area contributed by atoms with Gasteiger partial charge in [-0.2, -0.15) is 4.31 Å². The zero-order chi connectivity index (χ0) is 14.0. The van der Waals surface area contributed by atoms with Gasteiger partial charge in [0, 0.05) is 24.5 Å². The van der Waals surface area contributed by atoms with Crippen LogP contribution in [-0.2, 0) is 16.6 Å². The molecule has 2 rings (SSSR count). The van der Waals surface area contributed by atoms with Crippen LogP contribution in [0.2, 0.25) is 0 Å². The van der Waals surface area contributed by atoms with Crippen LogP contribution in [0.5, 0.6) is 0 Å². The lowest BCUT2D eigenvalue weighted by molar-refractivity contribution is 0.446. The van der Waals surface area contributed by atoms with Gasteiger partial charge in [-0.1, -0.05) is 13.3 Å². The summed E-state index contributed by atoms with van der Waals surface area (Å²) >= 11 is 1.31. The lowest BCUT2D eigenvalue weighted by atomic mass is 10.0. The van der Waals surface area contributed by atoms with E-state index in [-0.39, 0.29) is 0 Å². The first-order valence-corrected chi connectivity index (χ1v) is 9.04. The van der Waals surface area contributed by atoms with Crippen LogP contribution in [0.1, 0.15) is 36.6 Å². The summed E-state index contributed by atoms with van der Waals surface area (Å²) in [6.45, 7) is 5.80. The second-order valence-electron chi connectivity index (χ2n) is 5.18. The molecule has 1 aromatic rings.